The van der Waals surface area contributed by atoms with Gasteiger partial charge in [-0.25, -0.2) is 9.98 Å². The van der Waals surface area contributed by atoms with Crippen LogP contribution in [0.3, 0.4) is 0 Å². The Morgan fingerprint density at radius 2 is 2.09 bits per heavy atom. The second-order valence-corrected chi connectivity index (χ2v) is 5.29. The summed E-state index contributed by atoms with van der Waals surface area (Å²) in [5, 5.41) is 10.2. The zero-order valence-electron chi connectivity index (χ0n) is 13.4. The molecule has 0 aromatic carbocycles. The summed E-state index contributed by atoms with van der Waals surface area (Å²) in [6, 6.07) is 0. The monoisotopic (exact) mass is 307 g/mol. The minimum atomic E-state index is 0.129. The van der Waals surface area contributed by atoms with Crippen molar-refractivity contribution in [1.82, 2.24) is 30.3 Å². The maximum Gasteiger partial charge on any atom is 0.241 e. The molecule has 1 amide bonds. The van der Waals surface area contributed by atoms with Crippen LogP contribution in [0.2, 0.25) is 0 Å². The Hall–Kier alpha value is -2.12. The van der Waals surface area contributed by atoms with Crippen LogP contribution < -0.4 is 10.6 Å². The maximum atomic E-state index is 12.1. The summed E-state index contributed by atoms with van der Waals surface area (Å²) in [5.41, 5.74) is 0. The molecule has 0 spiro atoms. The Labute approximate surface area is 131 Å². The lowest BCUT2D eigenvalue weighted by Gasteiger charge is -2.27. The summed E-state index contributed by atoms with van der Waals surface area (Å²) in [4.78, 5) is 22.6. The number of aryl methyl sites for hydroxylation is 1. The van der Waals surface area contributed by atoms with Crippen LogP contribution in [-0.4, -0.2) is 57.7 Å². The third-order valence-corrected chi connectivity index (χ3v) is 3.64. The standard InChI is InChI=1S/C14H25N7O/c1-3-15-14(16-9-12-18-11-19-20(12)2)17-10-13(22)21-7-5-4-6-8-21/h11H,3-10H2,1-2H3,(H2,15,16,17). The molecule has 8 heteroatoms. The van der Waals surface area contributed by atoms with Crippen molar-refractivity contribution in [3.63, 3.8) is 0 Å². The second kappa shape index (κ2) is 8.35. The number of nitrogens with one attached hydrogen (secondary N) is 2. The highest BCUT2D eigenvalue weighted by Gasteiger charge is 2.16. The quantitative estimate of drug-likeness (QED) is 0.585. The van der Waals surface area contributed by atoms with E-state index in [0.29, 0.717) is 12.5 Å². The van der Waals surface area contributed by atoms with Crippen molar-refractivity contribution < 1.29 is 4.79 Å². The normalized spacial score (nSPS) is 15.7. The number of guanidine groups is 1. The van der Waals surface area contributed by atoms with Gasteiger partial charge in [-0.3, -0.25) is 9.48 Å². The zero-order valence-corrected chi connectivity index (χ0v) is 13.4. The van der Waals surface area contributed by atoms with Gasteiger partial charge in [-0.15, -0.1) is 0 Å². The molecule has 8 nitrogen and oxygen atoms in total. The Kier molecular flexibility index (Phi) is 6.17. The van der Waals surface area contributed by atoms with Crippen LogP contribution in [0, 0.1) is 0 Å². The molecule has 1 saturated heterocycles. The number of hydrogen-bond donors (Lipinski definition) is 2. The van der Waals surface area contributed by atoms with Crippen molar-refractivity contribution in [1.29, 1.82) is 0 Å². The first kappa shape index (κ1) is 16.3. The van der Waals surface area contributed by atoms with Gasteiger partial charge in [-0.2, -0.15) is 5.10 Å². The highest BCUT2D eigenvalue weighted by Crippen LogP contribution is 2.08. The number of amides is 1. The molecule has 0 aliphatic carbocycles. The van der Waals surface area contributed by atoms with Gasteiger partial charge in [0.25, 0.3) is 0 Å². The van der Waals surface area contributed by atoms with Crippen LogP contribution in [0.25, 0.3) is 0 Å². The molecular weight excluding hydrogens is 282 g/mol. The van der Waals surface area contributed by atoms with Crippen molar-refractivity contribution >= 4 is 11.9 Å². The molecule has 1 aromatic rings. The number of hydrogen-bond acceptors (Lipinski definition) is 4. The number of carbonyl (C=O) groups is 1. The first-order valence-electron chi connectivity index (χ1n) is 7.83. The molecule has 2 N–H and O–H groups in total. The van der Waals surface area contributed by atoms with Crippen LogP contribution in [-0.2, 0) is 18.4 Å². The van der Waals surface area contributed by atoms with Crippen LogP contribution >= 0.6 is 0 Å². The fourth-order valence-electron chi connectivity index (χ4n) is 2.37. The average molecular weight is 307 g/mol. The summed E-state index contributed by atoms with van der Waals surface area (Å²) in [6.45, 7) is 5.16. The lowest BCUT2D eigenvalue weighted by atomic mass is 10.1. The Morgan fingerprint density at radius 3 is 2.73 bits per heavy atom. The van der Waals surface area contributed by atoms with Crippen LogP contribution in [0.5, 0.6) is 0 Å². The SMILES string of the molecule is CCNC(=NCc1ncnn1C)NCC(=O)N1CCCCC1. The minimum absolute atomic E-state index is 0.129. The molecule has 2 rings (SSSR count). The van der Waals surface area contributed by atoms with Gasteiger partial charge < -0.3 is 15.5 Å². The Morgan fingerprint density at radius 1 is 1.32 bits per heavy atom. The highest BCUT2D eigenvalue weighted by molar-refractivity contribution is 5.86. The second-order valence-electron chi connectivity index (χ2n) is 5.29. The summed E-state index contributed by atoms with van der Waals surface area (Å²) in [7, 11) is 1.83. The molecule has 1 fully saturated rings. The van der Waals surface area contributed by atoms with Crippen molar-refractivity contribution in [2.45, 2.75) is 32.7 Å². The molecule has 0 radical (unpaired) electrons. The van der Waals surface area contributed by atoms with Crippen molar-refractivity contribution in [2.75, 3.05) is 26.2 Å². The molecule has 0 atom stereocenters. The number of aromatic nitrogens is 3. The van der Waals surface area contributed by atoms with E-state index < -0.39 is 0 Å². The van der Waals surface area contributed by atoms with E-state index in [1.165, 1.54) is 12.7 Å². The van der Waals surface area contributed by atoms with E-state index in [4.69, 9.17) is 0 Å². The smallest absolute Gasteiger partial charge is 0.241 e. The van der Waals surface area contributed by atoms with Gasteiger partial charge in [0.05, 0.1) is 6.54 Å². The lowest BCUT2D eigenvalue weighted by Crippen LogP contribution is -2.46. The van der Waals surface area contributed by atoms with Gasteiger partial charge in [-0.05, 0) is 26.2 Å². The first-order chi connectivity index (χ1) is 10.7. The number of nitrogens with zero attached hydrogens (tertiary/aromatic N) is 5. The fourth-order valence-corrected chi connectivity index (χ4v) is 2.37. The number of aliphatic imine (C=N–C) groups is 1. The van der Waals surface area contributed by atoms with Gasteiger partial charge in [0.2, 0.25) is 5.91 Å². The highest BCUT2D eigenvalue weighted by atomic mass is 16.2. The summed E-state index contributed by atoms with van der Waals surface area (Å²) < 4.78 is 1.69. The Balaban J connectivity index is 1.85. The molecule has 0 bridgehead atoms. The van der Waals surface area contributed by atoms with Gasteiger partial charge in [0.15, 0.2) is 5.96 Å². The third kappa shape index (κ3) is 4.71. The lowest BCUT2D eigenvalue weighted by molar-refractivity contribution is -0.130. The van der Waals surface area contributed by atoms with Crippen molar-refractivity contribution in [3.8, 4) is 0 Å². The third-order valence-electron chi connectivity index (χ3n) is 3.64. The first-order valence-corrected chi connectivity index (χ1v) is 7.83. The average Bonchev–Trinajstić information content (AvgIpc) is 2.96. The van der Waals surface area contributed by atoms with E-state index in [2.05, 4.69) is 25.7 Å². The Bertz CT molecular complexity index is 505. The number of piperidine rings is 1. The van der Waals surface area contributed by atoms with E-state index in [9.17, 15) is 4.79 Å². The molecule has 0 unspecified atom stereocenters. The topological polar surface area (TPSA) is 87.4 Å². The van der Waals surface area contributed by atoms with Gasteiger partial charge in [0.1, 0.15) is 18.7 Å². The molecular formula is C14H25N7O. The van der Waals surface area contributed by atoms with Crippen LogP contribution in [0.4, 0.5) is 0 Å². The van der Waals surface area contributed by atoms with E-state index >= 15 is 0 Å². The summed E-state index contributed by atoms with van der Waals surface area (Å²) in [6.07, 6.45) is 4.93. The molecule has 0 saturated carbocycles. The van der Waals surface area contributed by atoms with Gasteiger partial charge >= 0.3 is 0 Å². The molecule has 1 aliphatic heterocycles. The largest absolute Gasteiger partial charge is 0.357 e. The van der Waals surface area contributed by atoms with Crippen LogP contribution in [0.1, 0.15) is 32.0 Å². The zero-order chi connectivity index (χ0) is 15.8. The van der Waals surface area contributed by atoms with E-state index in [-0.39, 0.29) is 12.5 Å². The number of likely N-dealkylation sites (tertiary alicyclic amines) is 1. The predicted octanol–water partition coefficient (Wildman–Crippen LogP) is -0.117. The van der Waals surface area contributed by atoms with Crippen molar-refractivity contribution in [2.24, 2.45) is 12.0 Å². The summed E-state index contributed by atoms with van der Waals surface area (Å²) in [5.74, 6) is 1.53. The summed E-state index contributed by atoms with van der Waals surface area (Å²) >= 11 is 0. The van der Waals surface area contributed by atoms with Gasteiger partial charge in [-0.1, -0.05) is 0 Å². The maximum absolute atomic E-state index is 12.1. The van der Waals surface area contributed by atoms with E-state index in [1.807, 2.05) is 18.9 Å². The molecule has 122 valence electrons. The molecule has 1 aliphatic rings. The molecule has 2 heterocycles. The minimum Gasteiger partial charge on any atom is -0.357 e. The number of rotatable bonds is 5. The van der Waals surface area contributed by atoms with E-state index in [0.717, 1.165) is 38.3 Å². The number of carbonyl (C=O) groups excluding carboxylic acids is 1. The fraction of sp³-hybridized carbons (Fsp3) is 0.714. The molecule has 22 heavy (non-hydrogen) atoms. The van der Waals surface area contributed by atoms with Crippen molar-refractivity contribution in [3.05, 3.63) is 12.2 Å². The van der Waals surface area contributed by atoms with Gasteiger partial charge in [0, 0.05) is 26.7 Å². The van der Waals surface area contributed by atoms with E-state index in [1.54, 1.807) is 4.68 Å². The molecule has 1 aromatic heterocycles. The predicted molar refractivity (Wildman–Crippen MR) is 84.3 cm³/mol. The van der Waals surface area contributed by atoms with Crippen LogP contribution in [0.15, 0.2) is 11.3 Å².